The van der Waals surface area contributed by atoms with Crippen LogP contribution in [0.25, 0.3) is 0 Å². The monoisotopic (exact) mass is 376 g/mol. The Labute approximate surface area is 165 Å². The lowest BCUT2D eigenvalue weighted by atomic mass is 10.1. The van der Waals surface area contributed by atoms with Gasteiger partial charge in [0.05, 0.1) is 19.5 Å². The molecule has 6 nitrogen and oxygen atoms in total. The SMILES string of the molecule is COc1ccc(CCNC(=O)c2cnc(NCCc3ccccc3)cn2)cc1. The van der Waals surface area contributed by atoms with Crippen molar-refractivity contribution >= 4 is 11.7 Å². The topological polar surface area (TPSA) is 76.1 Å². The second-order valence-electron chi connectivity index (χ2n) is 6.30. The van der Waals surface area contributed by atoms with Crippen molar-refractivity contribution in [2.24, 2.45) is 0 Å². The van der Waals surface area contributed by atoms with Gasteiger partial charge in [-0.15, -0.1) is 0 Å². The lowest BCUT2D eigenvalue weighted by Crippen LogP contribution is -2.26. The molecule has 0 fully saturated rings. The van der Waals surface area contributed by atoms with E-state index in [1.807, 2.05) is 42.5 Å². The molecule has 2 N–H and O–H groups in total. The Morgan fingerprint density at radius 3 is 2.29 bits per heavy atom. The number of anilines is 1. The number of nitrogens with zero attached hydrogens (tertiary/aromatic N) is 2. The highest BCUT2D eigenvalue weighted by Crippen LogP contribution is 2.11. The highest BCUT2D eigenvalue weighted by atomic mass is 16.5. The van der Waals surface area contributed by atoms with E-state index >= 15 is 0 Å². The van der Waals surface area contributed by atoms with Crippen LogP contribution in [0.3, 0.4) is 0 Å². The number of methoxy groups -OCH3 is 1. The van der Waals surface area contributed by atoms with Crippen molar-refractivity contribution in [3.63, 3.8) is 0 Å². The van der Waals surface area contributed by atoms with E-state index in [2.05, 4.69) is 32.7 Å². The minimum atomic E-state index is -0.225. The summed E-state index contributed by atoms with van der Waals surface area (Å²) in [6.45, 7) is 1.29. The van der Waals surface area contributed by atoms with E-state index in [0.717, 1.165) is 30.7 Å². The molecule has 1 heterocycles. The fourth-order valence-electron chi connectivity index (χ4n) is 2.72. The van der Waals surface area contributed by atoms with Gasteiger partial charge < -0.3 is 15.4 Å². The van der Waals surface area contributed by atoms with E-state index in [-0.39, 0.29) is 5.91 Å². The maximum Gasteiger partial charge on any atom is 0.271 e. The van der Waals surface area contributed by atoms with Crippen LogP contribution in [0.2, 0.25) is 0 Å². The highest BCUT2D eigenvalue weighted by molar-refractivity contribution is 5.91. The lowest BCUT2D eigenvalue weighted by Gasteiger charge is -2.07. The molecule has 0 aliphatic rings. The van der Waals surface area contributed by atoms with Crippen LogP contribution in [-0.4, -0.2) is 36.1 Å². The molecule has 1 amide bonds. The molecular formula is C22H24N4O2. The molecule has 0 aliphatic heterocycles. The molecule has 3 rings (SSSR count). The number of amides is 1. The summed E-state index contributed by atoms with van der Waals surface area (Å²) in [4.78, 5) is 20.7. The summed E-state index contributed by atoms with van der Waals surface area (Å²) in [7, 11) is 1.64. The first-order valence-corrected chi connectivity index (χ1v) is 9.25. The van der Waals surface area contributed by atoms with Crippen molar-refractivity contribution in [3.8, 4) is 5.75 Å². The molecule has 3 aromatic rings. The van der Waals surface area contributed by atoms with Crippen LogP contribution in [0.15, 0.2) is 67.0 Å². The Balaban J connectivity index is 1.41. The Morgan fingerprint density at radius 1 is 0.893 bits per heavy atom. The number of ether oxygens (including phenoxy) is 1. The number of hydrogen-bond acceptors (Lipinski definition) is 5. The smallest absolute Gasteiger partial charge is 0.271 e. The summed E-state index contributed by atoms with van der Waals surface area (Å²) < 4.78 is 5.14. The first-order chi connectivity index (χ1) is 13.7. The number of aromatic nitrogens is 2. The van der Waals surface area contributed by atoms with Gasteiger partial charge in [0.25, 0.3) is 5.91 Å². The van der Waals surface area contributed by atoms with Gasteiger partial charge in [-0.2, -0.15) is 0 Å². The molecular weight excluding hydrogens is 352 g/mol. The second-order valence-corrected chi connectivity index (χ2v) is 6.30. The number of rotatable bonds is 9. The number of hydrogen-bond donors (Lipinski definition) is 2. The summed E-state index contributed by atoms with van der Waals surface area (Å²) >= 11 is 0. The van der Waals surface area contributed by atoms with Gasteiger partial charge in [-0.05, 0) is 36.1 Å². The zero-order valence-electron chi connectivity index (χ0n) is 15.9. The zero-order chi connectivity index (χ0) is 19.6. The Kier molecular flexibility index (Phi) is 6.95. The molecule has 0 spiro atoms. The van der Waals surface area contributed by atoms with Gasteiger partial charge in [0.2, 0.25) is 0 Å². The fraction of sp³-hybridized carbons (Fsp3) is 0.227. The molecule has 0 bridgehead atoms. The molecule has 1 aromatic heterocycles. The summed E-state index contributed by atoms with van der Waals surface area (Å²) in [5.41, 5.74) is 2.70. The molecule has 0 saturated heterocycles. The normalized spacial score (nSPS) is 10.3. The third-order valence-electron chi connectivity index (χ3n) is 4.31. The lowest BCUT2D eigenvalue weighted by molar-refractivity contribution is 0.0949. The number of carbonyl (C=O) groups is 1. The summed E-state index contributed by atoms with van der Waals surface area (Å²) in [6, 6.07) is 18.0. The average Bonchev–Trinajstić information content (AvgIpc) is 2.75. The largest absolute Gasteiger partial charge is 0.497 e. The van der Waals surface area contributed by atoms with Crippen LogP contribution in [0.4, 0.5) is 5.82 Å². The van der Waals surface area contributed by atoms with E-state index in [9.17, 15) is 4.79 Å². The third-order valence-corrected chi connectivity index (χ3v) is 4.31. The van der Waals surface area contributed by atoms with Crippen LogP contribution < -0.4 is 15.4 Å². The van der Waals surface area contributed by atoms with Gasteiger partial charge in [0.1, 0.15) is 17.3 Å². The van der Waals surface area contributed by atoms with Crippen molar-refractivity contribution in [2.45, 2.75) is 12.8 Å². The van der Waals surface area contributed by atoms with E-state index < -0.39 is 0 Å². The Bertz CT molecular complexity index is 865. The van der Waals surface area contributed by atoms with Crippen LogP contribution in [-0.2, 0) is 12.8 Å². The molecule has 0 saturated carbocycles. The summed E-state index contributed by atoms with van der Waals surface area (Å²) in [6.07, 6.45) is 4.72. The van der Waals surface area contributed by atoms with Gasteiger partial charge in [0, 0.05) is 13.1 Å². The minimum absolute atomic E-state index is 0.225. The van der Waals surface area contributed by atoms with Gasteiger partial charge in [0.15, 0.2) is 0 Å². The van der Waals surface area contributed by atoms with E-state index in [1.54, 1.807) is 13.3 Å². The third kappa shape index (κ3) is 5.81. The predicted molar refractivity (Wildman–Crippen MR) is 110 cm³/mol. The number of benzene rings is 2. The number of nitrogens with one attached hydrogen (secondary N) is 2. The van der Waals surface area contributed by atoms with Crippen LogP contribution in [0.5, 0.6) is 5.75 Å². The molecule has 28 heavy (non-hydrogen) atoms. The number of carbonyl (C=O) groups excluding carboxylic acids is 1. The Morgan fingerprint density at radius 2 is 1.61 bits per heavy atom. The van der Waals surface area contributed by atoms with Crippen molar-refractivity contribution in [1.29, 1.82) is 0 Å². The first kappa shape index (κ1) is 19.4. The molecule has 6 heteroatoms. The average molecular weight is 376 g/mol. The summed E-state index contributed by atoms with van der Waals surface area (Å²) in [5.74, 6) is 1.25. The van der Waals surface area contributed by atoms with Gasteiger partial charge >= 0.3 is 0 Å². The van der Waals surface area contributed by atoms with Crippen LogP contribution in [0.1, 0.15) is 21.6 Å². The highest BCUT2D eigenvalue weighted by Gasteiger charge is 2.07. The fourth-order valence-corrected chi connectivity index (χ4v) is 2.72. The van der Waals surface area contributed by atoms with Gasteiger partial charge in [-0.3, -0.25) is 4.79 Å². The van der Waals surface area contributed by atoms with Crippen LogP contribution >= 0.6 is 0 Å². The van der Waals surface area contributed by atoms with E-state index in [0.29, 0.717) is 18.1 Å². The maximum atomic E-state index is 12.2. The quantitative estimate of drug-likeness (QED) is 0.600. The van der Waals surface area contributed by atoms with E-state index in [4.69, 9.17) is 4.74 Å². The molecule has 0 atom stereocenters. The second kappa shape index (κ2) is 10.1. The van der Waals surface area contributed by atoms with Crippen LogP contribution in [0, 0.1) is 0 Å². The van der Waals surface area contributed by atoms with Crippen molar-refractivity contribution < 1.29 is 9.53 Å². The summed E-state index contributed by atoms with van der Waals surface area (Å²) in [5, 5.41) is 6.08. The maximum absolute atomic E-state index is 12.2. The van der Waals surface area contributed by atoms with Crippen molar-refractivity contribution in [1.82, 2.24) is 15.3 Å². The van der Waals surface area contributed by atoms with Gasteiger partial charge in [-0.25, -0.2) is 9.97 Å². The first-order valence-electron chi connectivity index (χ1n) is 9.25. The van der Waals surface area contributed by atoms with Gasteiger partial charge in [-0.1, -0.05) is 42.5 Å². The molecule has 2 aromatic carbocycles. The molecule has 144 valence electrons. The van der Waals surface area contributed by atoms with Crippen molar-refractivity contribution in [3.05, 3.63) is 83.8 Å². The van der Waals surface area contributed by atoms with E-state index in [1.165, 1.54) is 11.8 Å². The standard InChI is InChI=1S/C22H24N4O2/c1-28-19-9-7-18(8-10-19)12-14-24-22(27)20-15-26-21(16-25-20)23-13-11-17-5-3-2-4-6-17/h2-10,15-16H,11-14H2,1H3,(H,23,26)(H,24,27). The Hall–Kier alpha value is -3.41. The zero-order valence-corrected chi connectivity index (χ0v) is 15.9. The predicted octanol–water partition coefficient (Wildman–Crippen LogP) is 3.11. The molecule has 0 unspecified atom stereocenters. The minimum Gasteiger partial charge on any atom is -0.497 e. The molecule has 0 radical (unpaired) electrons. The molecule has 0 aliphatic carbocycles. The van der Waals surface area contributed by atoms with Crippen molar-refractivity contribution in [2.75, 3.05) is 25.5 Å².